The van der Waals surface area contributed by atoms with Crippen molar-refractivity contribution in [3.8, 4) is 0 Å². The molecule has 1 saturated carbocycles. The minimum atomic E-state index is -0.403. The summed E-state index contributed by atoms with van der Waals surface area (Å²) in [4.78, 5) is 16.9. The number of methoxy groups -OCH3 is 1. The van der Waals surface area contributed by atoms with Crippen molar-refractivity contribution in [2.75, 3.05) is 26.7 Å². The maximum atomic E-state index is 11.6. The van der Waals surface area contributed by atoms with Crippen LogP contribution in [0.3, 0.4) is 0 Å². The average molecular weight is 332 g/mol. The summed E-state index contributed by atoms with van der Waals surface area (Å²) >= 11 is 0. The third kappa shape index (κ3) is 3.00. The molecule has 2 aliphatic heterocycles. The fourth-order valence-corrected chi connectivity index (χ4v) is 4.65. The first kappa shape index (κ1) is 16.2. The Morgan fingerprint density at radius 1 is 1.25 bits per heavy atom. The van der Waals surface area contributed by atoms with Gasteiger partial charge < -0.3 is 9.15 Å². The molecule has 5 heteroatoms. The van der Waals surface area contributed by atoms with Crippen LogP contribution in [0.15, 0.2) is 16.5 Å². The van der Waals surface area contributed by atoms with Crippen LogP contribution in [0.4, 0.5) is 0 Å². The molecule has 1 aliphatic carbocycles. The van der Waals surface area contributed by atoms with E-state index in [1.165, 1.54) is 45.8 Å². The largest absolute Gasteiger partial charge is 0.463 e. The lowest BCUT2D eigenvalue weighted by Gasteiger charge is -2.48. The van der Waals surface area contributed by atoms with E-state index < -0.39 is 5.97 Å². The second-order valence-corrected chi connectivity index (χ2v) is 7.59. The van der Waals surface area contributed by atoms with Gasteiger partial charge in [0.25, 0.3) is 0 Å². The van der Waals surface area contributed by atoms with Crippen molar-refractivity contribution >= 4 is 5.97 Å². The van der Waals surface area contributed by atoms with Gasteiger partial charge in [0.05, 0.1) is 13.2 Å². The van der Waals surface area contributed by atoms with Crippen molar-refractivity contribution in [3.63, 3.8) is 0 Å². The van der Waals surface area contributed by atoms with Gasteiger partial charge in [0.2, 0.25) is 5.76 Å². The first-order valence-corrected chi connectivity index (χ1v) is 9.35. The lowest BCUT2D eigenvalue weighted by Crippen LogP contribution is -2.54. The van der Waals surface area contributed by atoms with Crippen LogP contribution in [0.5, 0.6) is 0 Å². The minimum Gasteiger partial charge on any atom is -0.463 e. The molecular formula is C19H28N2O3. The van der Waals surface area contributed by atoms with Gasteiger partial charge in [-0.3, -0.25) is 9.80 Å². The van der Waals surface area contributed by atoms with Crippen LogP contribution in [0, 0.1) is 5.92 Å². The van der Waals surface area contributed by atoms with Gasteiger partial charge in [0, 0.05) is 25.2 Å². The molecule has 0 aromatic carbocycles. The maximum Gasteiger partial charge on any atom is 0.373 e. The molecule has 0 amide bonds. The Hall–Kier alpha value is -1.33. The molecule has 0 spiro atoms. The highest BCUT2D eigenvalue weighted by atomic mass is 16.5. The molecule has 0 radical (unpaired) electrons. The molecule has 3 aliphatic rings. The number of esters is 1. The summed E-state index contributed by atoms with van der Waals surface area (Å²) in [5.41, 5.74) is 0. The summed E-state index contributed by atoms with van der Waals surface area (Å²) in [5.74, 6) is 1.54. The quantitative estimate of drug-likeness (QED) is 0.793. The van der Waals surface area contributed by atoms with Crippen LogP contribution in [-0.4, -0.2) is 54.6 Å². The maximum absolute atomic E-state index is 11.6. The van der Waals surface area contributed by atoms with Gasteiger partial charge in [-0.2, -0.15) is 0 Å². The Morgan fingerprint density at radius 3 is 2.83 bits per heavy atom. The summed E-state index contributed by atoms with van der Waals surface area (Å²) in [5, 5.41) is 0. The van der Waals surface area contributed by atoms with E-state index in [4.69, 9.17) is 9.15 Å². The molecule has 0 bridgehead atoms. The zero-order chi connectivity index (χ0) is 16.7. The smallest absolute Gasteiger partial charge is 0.373 e. The second kappa shape index (κ2) is 6.52. The predicted octanol–water partition coefficient (Wildman–Crippen LogP) is 3.08. The van der Waals surface area contributed by atoms with E-state index in [-0.39, 0.29) is 6.04 Å². The summed E-state index contributed by atoms with van der Waals surface area (Å²) in [6, 6.07) is 5.52. The molecule has 2 saturated heterocycles. The summed E-state index contributed by atoms with van der Waals surface area (Å²) in [6.45, 7) is 5.74. The third-order valence-electron chi connectivity index (χ3n) is 6.13. The Morgan fingerprint density at radius 2 is 2.08 bits per heavy atom. The first-order valence-electron chi connectivity index (χ1n) is 9.35. The number of fused-ring (bicyclic) bond motifs is 1. The number of nitrogens with zero attached hydrogens (tertiary/aromatic N) is 2. The van der Waals surface area contributed by atoms with Crippen molar-refractivity contribution < 1.29 is 13.9 Å². The van der Waals surface area contributed by atoms with E-state index >= 15 is 0 Å². The van der Waals surface area contributed by atoms with Gasteiger partial charge in [-0.05, 0) is 63.6 Å². The van der Waals surface area contributed by atoms with E-state index in [1.54, 1.807) is 6.07 Å². The normalized spacial score (nSPS) is 29.9. The zero-order valence-electron chi connectivity index (χ0n) is 14.7. The Balaban J connectivity index is 1.42. The van der Waals surface area contributed by atoms with Crippen LogP contribution < -0.4 is 0 Å². The molecular weight excluding hydrogens is 304 g/mol. The van der Waals surface area contributed by atoms with Crippen molar-refractivity contribution in [2.24, 2.45) is 5.92 Å². The van der Waals surface area contributed by atoms with Crippen molar-refractivity contribution in [1.29, 1.82) is 0 Å². The van der Waals surface area contributed by atoms with Crippen LogP contribution in [0.1, 0.15) is 61.4 Å². The van der Waals surface area contributed by atoms with E-state index in [1.807, 2.05) is 6.07 Å². The van der Waals surface area contributed by atoms with Crippen LogP contribution in [-0.2, 0) is 4.74 Å². The highest BCUT2D eigenvalue weighted by molar-refractivity contribution is 5.86. The van der Waals surface area contributed by atoms with E-state index in [9.17, 15) is 4.79 Å². The number of rotatable bonds is 4. The van der Waals surface area contributed by atoms with Gasteiger partial charge in [-0.1, -0.05) is 0 Å². The van der Waals surface area contributed by atoms with Gasteiger partial charge in [-0.25, -0.2) is 4.79 Å². The SMILES string of the molecule is COC(=O)c1ccc([C@H](C)N2CC[C@@H]3[C@@H](CCCN3C3CC3)C2)o1. The fraction of sp³-hybridized carbons (Fsp3) is 0.737. The third-order valence-corrected chi connectivity index (χ3v) is 6.13. The van der Waals surface area contributed by atoms with Crippen molar-refractivity contribution in [2.45, 2.75) is 57.2 Å². The Kier molecular flexibility index (Phi) is 4.39. The number of carbonyl (C=O) groups excluding carboxylic acids is 1. The number of likely N-dealkylation sites (tertiary alicyclic amines) is 2. The van der Waals surface area contributed by atoms with Crippen LogP contribution in [0.2, 0.25) is 0 Å². The molecule has 0 unspecified atom stereocenters. The molecule has 4 rings (SSSR count). The monoisotopic (exact) mass is 332 g/mol. The summed E-state index contributed by atoms with van der Waals surface area (Å²) in [6.07, 6.45) is 6.77. The molecule has 132 valence electrons. The highest BCUT2D eigenvalue weighted by Gasteiger charge is 2.42. The molecule has 3 atom stereocenters. The van der Waals surface area contributed by atoms with Crippen LogP contribution >= 0.6 is 0 Å². The van der Waals surface area contributed by atoms with Crippen LogP contribution in [0.25, 0.3) is 0 Å². The Bertz CT molecular complexity index is 595. The first-order chi connectivity index (χ1) is 11.7. The molecule has 3 fully saturated rings. The number of ether oxygens (including phenoxy) is 1. The summed E-state index contributed by atoms with van der Waals surface area (Å²) < 4.78 is 10.5. The number of carbonyl (C=O) groups is 1. The Labute approximate surface area is 143 Å². The van der Waals surface area contributed by atoms with E-state index in [2.05, 4.69) is 16.7 Å². The van der Waals surface area contributed by atoms with Crippen molar-refractivity contribution in [1.82, 2.24) is 9.80 Å². The van der Waals surface area contributed by atoms with Crippen molar-refractivity contribution in [3.05, 3.63) is 23.7 Å². The molecule has 1 aromatic rings. The van der Waals surface area contributed by atoms with Gasteiger partial charge in [-0.15, -0.1) is 0 Å². The molecule has 0 N–H and O–H groups in total. The minimum absolute atomic E-state index is 0.209. The highest BCUT2D eigenvalue weighted by Crippen LogP contribution is 2.39. The fourth-order valence-electron chi connectivity index (χ4n) is 4.65. The second-order valence-electron chi connectivity index (χ2n) is 7.59. The summed E-state index contributed by atoms with van der Waals surface area (Å²) in [7, 11) is 1.38. The number of piperidine rings is 2. The number of hydrogen-bond acceptors (Lipinski definition) is 5. The zero-order valence-corrected chi connectivity index (χ0v) is 14.7. The molecule has 24 heavy (non-hydrogen) atoms. The van der Waals surface area contributed by atoms with E-state index in [0.29, 0.717) is 5.76 Å². The predicted molar refractivity (Wildman–Crippen MR) is 90.9 cm³/mol. The molecule has 3 heterocycles. The molecule has 1 aromatic heterocycles. The molecule has 5 nitrogen and oxygen atoms in total. The van der Waals surface area contributed by atoms with Gasteiger partial charge in [0.15, 0.2) is 0 Å². The lowest BCUT2D eigenvalue weighted by molar-refractivity contribution is 0.00200. The number of furan rings is 1. The average Bonchev–Trinajstić information content (AvgIpc) is 3.35. The number of hydrogen-bond donors (Lipinski definition) is 0. The van der Waals surface area contributed by atoms with E-state index in [0.717, 1.165) is 36.9 Å². The lowest BCUT2D eigenvalue weighted by atomic mass is 9.83. The topological polar surface area (TPSA) is 45.9 Å². The van der Waals surface area contributed by atoms with Gasteiger partial charge in [0.1, 0.15) is 5.76 Å². The standard InChI is InChI=1S/C19H28N2O3/c1-13(17-7-8-18(24-17)19(22)23-2)20-11-9-16-14(12-20)4-3-10-21(16)15-5-6-15/h7-8,13-16H,3-6,9-12H2,1-2H3/t13-,14-,16+/m0/s1. The van der Waals surface area contributed by atoms with Gasteiger partial charge >= 0.3 is 5.97 Å².